The third-order valence-electron chi connectivity index (χ3n) is 7.00. The number of aromatic nitrogens is 2. The first-order chi connectivity index (χ1) is 17.1. The number of nitrogens with one attached hydrogen (secondary N) is 1. The molecule has 2 fully saturated rings. The lowest BCUT2D eigenvalue weighted by Crippen LogP contribution is -2.56. The Hall–Kier alpha value is -1.97. The van der Waals surface area contributed by atoms with Gasteiger partial charge in [-0.2, -0.15) is 5.10 Å². The first-order valence-corrected chi connectivity index (χ1v) is 13.6. The number of hydrogen-bond acceptors (Lipinski definition) is 6. The van der Waals surface area contributed by atoms with Gasteiger partial charge in [-0.1, -0.05) is 34.6 Å². The number of methoxy groups -OCH3 is 1. The van der Waals surface area contributed by atoms with Crippen LogP contribution in [0.4, 0.5) is 0 Å². The zero-order valence-electron chi connectivity index (χ0n) is 23.2. The predicted molar refractivity (Wildman–Crippen MR) is 140 cm³/mol. The third-order valence-corrected chi connectivity index (χ3v) is 7.00. The number of amides is 2. The molecule has 9 nitrogen and oxygen atoms in total. The highest BCUT2D eigenvalue weighted by molar-refractivity contribution is 5.93. The number of hydrogen-bond donors (Lipinski definition) is 1. The maximum absolute atomic E-state index is 14.1. The zero-order chi connectivity index (χ0) is 26.3. The van der Waals surface area contributed by atoms with Gasteiger partial charge >= 0.3 is 0 Å². The summed E-state index contributed by atoms with van der Waals surface area (Å²) >= 11 is 0. The van der Waals surface area contributed by atoms with Crippen molar-refractivity contribution in [2.75, 3.05) is 59.7 Å². The minimum absolute atomic E-state index is 0.00436. The number of piperidine rings is 1. The summed E-state index contributed by atoms with van der Waals surface area (Å²) in [4.78, 5) is 31.2. The van der Waals surface area contributed by atoms with Crippen LogP contribution in [0, 0.1) is 11.8 Å². The molecule has 1 aromatic heterocycles. The molecule has 3 rings (SSSR count). The first-order valence-electron chi connectivity index (χ1n) is 13.6. The maximum atomic E-state index is 14.1. The summed E-state index contributed by atoms with van der Waals surface area (Å²) in [5.74, 6) is 0.355. The number of unbranched alkanes of at least 4 members (excludes halogenated alkanes) is 1. The van der Waals surface area contributed by atoms with Gasteiger partial charge in [-0.05, 0) is 31.2 Å². The highest BCUT2D eigenvalue weighted by atomic mass is 16.5. The smallest absolute Gasteiger partial charge is 0.272 e. The number of carbonyl (C=O) groups excluding carboxylic acids is 2. The average molecular weight is 506 g/mol. The van der Waals surface area contributed by atoms with E-state index < -0.39 is 0 Å². The van der Waals surface area contributed by atoms with Gasteiger partial charge < -0.3 is 24.6 Å². The summed E-state index contributed by atoms with van der Waals surface area (Å²) in [6, 6.07) is 1.93. The highest BCUT2D eigenvalue weighted by Crippen LogP contribution is 2.26. The largest absolute Gasteiger partial charge is 0.385 e. The van der Waals surface area contributed by atoms with Crippen molar-refractivity contribution >= 4 is 11.8 Å². The average Bonchev–Trinajstić information content (AvgIpc) is 3.30. The molecule has 1 N–H and O–H groups in total. The Labute approximate surface area is 216 Å². The Morgan fingerprint density at radius 1 is 1.22 bits per heavy atom. The third kappa shape index (κ3) is 7.52. The fraction of sp³-hybridized carbons (Fsp3) is 0.815. The molecule has 0 aromatic carbocycles. The van der Waals surface area contributed by atoms with Crippen LogP contribution in [-0.2, 0) is 26.2 Å². The molecule has 9 heteroatoms. The molecule has 0 radical (unpaired) electrons. The molecule has 0 bridgehead atoms. The molecule has 3 heterocycles. The van der Waals surface area contributed by atoms with Gasteiger partial charge in [-0.3, -0.25) is 14.3 Å². The van der Waals surface area contributed by atoms with Gasteiger partial charge in [0, 0.05) is 64.4 Å². The Balaban J connectivity index is 1.82. The first kappa shape index (κ1) is 28.6. The molecule has 2 saturated heterocycles. The number of aryl methyl sites for hydroxylation is 1. The normalized spacial score (nSPS) is 21.1. The van der Waals surface area contributed by atoms with Gasteiger partial charge in [0.2, 0.25) is 5.91 Å². The molecule has 2 atom stereocenters. The second kappa shape index (κ2) is 13.0. The van der Waals surface area contributed by atoms with E-state index in [1.165, 1.54) is 0 Å². The Morgan fingerprint density at radius 2 is 1.94 bits per heavy atom. The number of ether oxygens (including phenoxy) is 2. The summed E-state index contributed by atoms with van der Waals surface area (Å²) in [6.45, 7) is 16.5. The molecule has 1 aromatic rings. The van der Waals surface area contributed by atoms with Gasteiger partial charge in [0.1, 0.15) is 5.69 Å². The van der Waals surface area contributed by atoms with Crippen molar-refractivity contribution in [2.45, 2.75) is 71.9 Å². The second-order valence-corrected chi connectivity index (χ2v) is 11.6. The second-order valence-electron chi connectivity index (χ2n) is 11.6. The lowest BCUT2D eigenvalue weighted by atomic mass is 9.91. The number of rotatable bonds is 10. The van der Waals surface area contributed by atoms with Crippen LogP contribution in [-0.4, -0.2) is 97.1 Å². The minimum atomic E-state index is -0.155. The quantitative estimate of drug-likeness (QED) is 0.492. The summed E-state index contributed by atoms with van der Waals surface area (Å²) in [7, 11) is 1.71. The van der Waals surface area contributed by atoms with Gasteiger partial charge in [0.05, 0.1) is 24.8 Å². The van der Waals surface area contributed by atoms with E-state index in [1.54, 1.807) is 7.11 Å². The SMILES string of the molecule is COCCCCn1nc(C(C)(C)C)cc1C(=O)N(CC(C)C)[C@@H]1CNC[C@H](C(=O)N2CCOCC2)C1. The van der Waals surface area contributed by atoms with E-state index in [0.29, 0.717) is 77.1 Å². The number of carbonyl (C=O) groups is 2. The van der Waals surface area contributed by atoms with Crippen molar-refractivity contribution in [3.63, 3.8) is 0 Å². The molecule has 2 aliphatic rings. The van der Waals surface area contributed by atoms with E-state index >= 15 is 0 Å². The molecule has 2 amide bonds. The van der Waals surface area contributed by atoms with Crippen LogP contribution in [0.15, 0.2) is 6.07 Å². The summed E-state index contributed by atoms with van der Waals surface area (Å²) in [6.07, 6.45) is 2.49. The Morgan fingerprint density at radius 3 is 2.58 bits per heavy atom. The van der Waals surface area contributed by atoms with Crippen LogP contribution >= 0.6 is 0 Å². The van der Waals surface area contributed by atoms with Crippen LogP contribution in [0.2, 0.25) is 0 Å². The molecule has 36 heavy (non-hydrogen) atoms. The van der Waals surface area contributed by atoms with E-state index in [0.717, 1.165) is 18.5 Å². The predicted octanol–water partition coefficient (Wildman–Crippen LogP) is 2.54. The lowest BCUT2D eigenvalue weighted by Gasteiger charge is -2.40. The van der Waals surface area contributed by atoms with Crippen molar-refractivity contribution < 1.29 is 19.1 Å². The molecular formula is C27H47N5O4. The van der Waals surface area contributed by atoms with Crippen LogP contribution in [0.1, 0.15) is 70.1 Å². The van der Waals surface area contributed by atoms with Crippen molar-refractivity contribution in [1.82, 2.24) is 24.9 Å². The van der Waals surface area contributed by atoms with E-state index in [2.05, 4.69) is 39.9 Å². The molecular weight excluding hydrogens is 458 g/mol. The molecule has 2 aliphatic heterocycles. The standard InChI is InChI=1S/C27H47N5O4/c1-20(2)19-31(22-15-21(17-28-18-22)25(33)30-10-13-36-14-11-30)26(34)23-16-24(27(3,4)5)29-32(23)9-7-8-12-35-6/h16,20-22,28H,7-15,17-19H2,1-6H3/t21-,22+/m1/s1. The fourth-order valence-corrected chi connectivity index (χ4v) is 4.96. The van der Waals surface area contributed by atoms with Crippen LogP contribution in [0.3, 0.4) is 0 Å². The lowest BCUT2D eigenvalue weighted by molar-refractivity contribution is -0.140. The summed E-state index contributed by atoms with van der Waals surface area (Å²) < 4.78 is 12.5. The molecule has 0 spiro atoms. The number of nitrogens with zero attached hydrogens (tertiary/aromatic N) is 4. The Bertz CT molecular complexity index is 857. The van der Waals surface area contributed by atoms with Gasteiger partial charge in [-0.25, -0.2) is 0 Å². The summed E-state index contributed by atoms with van der Waals surface area (Å²) in [5, 5.41) is 8.30. The van der Waals surface area contributed by atoms with Crippen LogP contribution < -0.4 is 5.32 Å². The molecule has 0 saturated carbocycles. The van der Waals surface area contributed by atoms with Crippen molar-refractivity contribution in [3.05, 3.63) is 17.5 Å². The van der Waals surface area contributed by atoms with Crippen LogP contribution in [0.25, 0.3) is 0 Å². The molecule has 0 aliphatic carbocycles. The monoisotopic (exact) mass is 505 g/mol. The van der Waals surface area contributed by atoms with E-state index in [9.17, 15) is 9.59 Å². The molecule has 0 unspecified atom stereocenters. The number of morpholine rings is 1. The minimum Gasteiger partial charge on any atom is -0.385 e. The Kier molecular flexibility index (Phi) is 10.3. The topological polar surface area (TPSA) is 88.9 Å². The van der Waals surface area contributed by atoms with Crippen molar-refractivity contribution in [2.24, 2.45) is 11.8 Å². The van der Waals surface area contributed by atoms with Crippen molar-refractivity contribution in [3.8, 4) is 0 Å². The van der Waals surface area contributed by atoms with Gasteiger partial charge in [0.25, 0.3) is 5.91 Å². The maximum Gasteiger partial charge on any atom is 0.272 e. The van der Waals surface area contributed by atoms with E-state index in [-0.39, 0.29) is 29.2 Å². The van der Waals surface area contributed by atoms with Crippen LogP contribution in [0.5, 0.6) is 0 Å². The van der Waals surface area contributed by atoms with Gasteiger partial charge in [-0.15, -0.1) is 0 Å². The molecule has 204 valence electrons. The van der Waals surface area contributed by atoms with E-state index in [1.807, 2.05) is 20.5 Å². The summed E-state index contributed by atoms with van der Waals surface area (Å²) in [5.41, 5.74) is 1.40. The van der Waals surface area contributed by atoms with Crippen molar-refractivity contribution in [1.29, 1.82) is 0 Å². The van der Waals surface area contributed by atoms with E-state index in [4.69, 9.17) is 14.6 Å². The zero-order valence-corrected chi connectivity index (χ0v) is 23.2. The van der Waals surface area contributed by atoms with Gasteiger partial charge in [0.15, 0.2) is 0 Å². The highest BCUT2D eigenvalue weighted by Gasteiger charge is 2.36. The fourth-order valence-electron chi connectivity index (χ4n) is 4.96.